The van der Waals surface area contributed by atoms with E-state index >= 15 is 0 Å². The average Bonchev–Trinajstić information content (AvgIpc) is 3.03. The van der Waals surface area contributed by atoms with Crippen molar-refractivity contribution in [1.82, 2.24) is 4.98 Å². The molecule has 24 heavy (non-hydrogen) atoms. The van der Waals surface area contributed by atoms with E-state index in [1.807, 2.05) is 24.3 Å². The molecule has 0 radical (unpaired) electrons. The molecular formula is C18H15N3O3. The van der Waals surface area contributed by atoms with Gasteiger partial charge in [-0.2, -0.15) is 0 Å². The molecule has 1 N–H and O–H groups in total. The first kappa shape index (κ1) is 15.6. The summed E-state index contributed by atoms with van der Waals surface area (Å²) >= 11 is 0. The third kappa shape index (κ3) is 3.08. The largest absolute Gasteiger partial charge is 0.360 e. The van der Waals surface area contributed by atoms with Gasteiger partial charge in [0.15, 0.2) is 5.78 Å². The van der Waals surface area contributed by atoms with E-state index in [1.165, 1.54) is 12.1 Å². The lowest BCUT2D eigenvalue weighted by molar-refractivity contribution is -0.384. The van der Waals surface area contributed by atoms with Crippen LogP contribution < -0.4 is 0 Å². The van der Waals surface area contributed by atoms with Crippen LogP contribution in [-0.2, 0) is 0 Å². The minimum absolute atomic E-state index is 0.00360. The maximum atomic E-state index is 12.4. The Morgan fingerprint density at radius 1 is 1.21 bits per heavy atom. The molecule has 0 amide bonds. The number of nitrogens with zero attached hydrogens (tertiary/aromatic N) is 2. The number of aliphatic imine (C=N–C) groups is 1. The first-order chi connectivity index (χ1) is 11.6. The number of H-pyrrole nitrogens is 1. The molecule has 0 aliphatic carbocycles. The number of carbonyl (C=O) groups is 1. The van der Waals surface area contributed by atoms with Crippen molar-refractivity contribution in [2.75, 3.05) is 6.54 Å². The fourth-order valence-electron chi connectivity index (χ4n) is 2.51. The Labute approximate surface area is 138 Å². The number of ketones is 1. The number of nitrogens with one attached hydrogen (secondary N) is 1. The van der Waals surface area contributed by atoms with Crippen LogP contribution in [0, 0.1) is 10.1 Å². The highest BCUT2D eigenvalue weighted by Gasteiger charge is 2.12. The minimum Gasteiger partial charge on any atom is -0.360 e. The summed E-state index contributed by atoms with van der Waals surface area (Å²) in [7, 11) is 0. The van der Waals surface area contributed by atoms with Crippen LogP contribution in [0.15, 0.2) is 59.7 Å². The maximum Gasteiger partial charge on any atom is 0.270 e. The molecule has 0 spiro atoms. The van der Waals surface area contributed by atoms with Crippen molar-refractivity contribution < 1.29 is 9.72 Å². The number of aromatic amines is 1. The summed E-state index contributed by atoms with van der Waals surface area (Å²) in [6, 6.07) is 13.8. The van der Waals surface area contributed by atoms with Gasteiger partial charge in [-0.05, 0) is 13.0 Å². The highest BCUT2D eigenvalue weighted by Crippen LogP contribution is 2.18. The number of rotatable bonds is 5. The fourth-order valence-corrected chi connectivity index (χ4v) is 2.51. The summed E-state index contributed by atoms with van der Waals surface area (Å²) in [5.74, 6) is -0.0998. The molecule has 1 heterocycles. The van der Waals surface area contributed by atoms with Crippen LogP contribution in [0.2, 0.25) is 0 Å². The topological polar surface area (TPSA) is 88.4 Å². The number of non-ortho nitro benzene ring substituents is 1. The van der Waals surface area contributed by atoms with Gasteiger partial charge >= 0.3 is 0 Å². The zero-order valence-electron chi connectivity index (χ0n) is 13.0. The molecule has 2 aromatic carbocycles. The molecular weight excluding hydrogens is 306 g/mol. The first-order valence-corrected chi connectivity index (χ1v) is 7.41. The van der Waals surface area contributed by atoms with Crippen LogP contribution in [0.3, 0.4) is 0 Å². The predicted molar refractivity (Wildman–Crippen MR) is 92.8 cm³/mol. The van der Waals surface area contributed by atoms with Gasteiger partial charge in [-0.25, -0.2) is 0 Å². The van der Waals surface area contributed by atoms with E-state index in [0.29, 0.717) is 16.8 Å². The third-order valence-corrected chi connectivity index (χ3v) is 3.82. The number of para-hydroxylation sites is 1. The highest BCUT2D eigenvalue weighted by atomic mass is 16.6. The van der Waals surface area contributed by atoms with E-state index in [4.69, 9.17) is 0 Å². The Balaban J connectivity index is 1.81. The summed E-state index contributed by atoms with van der Waals surface area (Å²) in [5, 5.41) is 11.7. The van der Waals surface area contributed by atoms with Crippen LogP contribution in [-0.4, -0.2) is 27.9 Å². The van der Waals surface area contributed by atoms with E-state index in [2.05, 4.69) is 9.98 Å². The van der Waals surface area contributed by atoms with Crippen molar-refractivity contribution in [3.63, 3.8) is 0 Å². The van der Waals surface area contributed by atoms with Crippen LogP contribution in [0.5, 0.6) is 0 Å². The summed E-state index contributed by atoms with van der Waals surface area (Å²) < 4.78 is 0. The number of fused-ring (bicyclic) bond motifs is 1. The zero-order chi connectivity index (χ0) is 17.1. The molecule has 0 bridgehead atoms. The van der Waals surface area contributed by atoms with Gasteiger partial charge in [-0.1, -0.05) is 30.3 Å². The van der Waals surface area contributed by atoms with Crippen molar-refractivity contribution >= 4 is 28.1 Å². The Bertz CT molecular complexity index is 957. The molecule has 0 atom stereocenters. The number of nitro groups is 1. The van der Waals surface area contributed by atoms with Gasteiger partial charge in [0.05, 0.1) is 4.92 Å². The van der Waals surface area contributed by atoms with Crippen molar-refractivity contribution in [2.24, 2.45) is 4.99 Å². The number of hydrogen-bond donors (Lipinski definition) is 1. The molecule has 6 heteroatoms. The number of hydrogen-bond acceptors (Lipinski definition) is 4. The third-order valence-electron chi connectivity index (χ3n) is 3.82. The van der Waals surface area contributed by atoms with Crippen LogP contribution >= 0.6 is 0 Å². The fraction of sp³-hybridized carbons (Fsp3) is 0.111. The normalized spacial score (nSPS) is 11.6. The van der Waals surface area contributed by atoms with E-state index < -0.39 is 4.92 Å². The second kappa shape index (κ2) is 6.45. The molecule has 0 aliphatic heterocycles. The molecule has 3 aromatic rings. The smallest absolute Gasteiger partial charge is 0.270 e. The summed E-state index contributed by atoms with van der Waals surface area (Å²) in [4.78, 5) is 30.1. The van der Waals surface area contributed by atoms with Gasteiger partial charge in [0.1, 0.15) is 6.54 Å². The van der Waals surface area contributed by atoms with E-state index in [9.17, 15) is 14.9 Å². The lowest BCUT2D eigenvalue weighted by Crippen LogP contribution is -2.06. The lowest BCUT2D eigenvalue weighted by Gasteiger charge is -2.01. The molecule has 6 nitrogen and oxygen atoms in total. The number of nitro benzene ring substituents is 1. The zero-order valence-corrected chi connectivity index (χ0v) is 13.0. The SMILES string of the molecule is CC(=NCC(=O)c1c[nH]c2ccccc12)c1cccc([N+](=O)[O-])c1. The number of carbonyl (C=O) groups excluding carboxylic acids is 1. The minimum atomic E-state index is -0.451. The van der Waals surface area contributed by atoms with Gasteiger partial charge in [0.2, 0.25) is 0 Å². The standard InChI is InChI=1S/C18H15N3O3/c1-12(13-5-4-6-14(9-13)21(23)24)19-11-18(22)16-10-20-17-8-3-2-7-15(16)17/h2-10,20H,11H2,1H3. The Morgan fingerprint density at radius 3 is 2.79 bits per heavy atom. The van der Waals surface area contributed by atoms with Crippen molar-refractivity contribution in [1.29, 1.82) is 0 Å². The second-order valence-corrected chi connectivity index (χ2v) is 5.38. The van der Waals surface area contributed by atoms with Crippen molar-refractivity contribution in [2.45, 2.75) is 6.92 Å². The van der Waals surface area contributed by atoms with Crippen molar-refractivity contribution in [3.05, 3.63) is 76.0 Å². The quantitative estimate of drug-likeness (QED) is 0.336. The number of aromatic nitrogens is 1. The molecule has 0 saturated carbocycles. The molecule has 120 valence electrons. The lowest BCUT2D eigenvalue weighted by atomic mass is 10.1. The number of Topliss-reactive ketones (excluding diaryl/α,β-unsaturated/α-hetero) is 1. The Hall–Kier alpha value is -3.28. The van der Waals surface area contributed by atoms with E-state index in [-0.39, 0.29) is 18.0 Å². The molecule has 0 saturated heterocycles. The molecule has 3 rings (SSSR count). The van der Waals surface area contributed by atoms with Gasteiger partial charge in [0, 0.05) is 46.1 Å². The molecule has 0 fully saturated rings. The first-order valence-electron chi connectivity index (χ1n) is 7.41. The van der Waals surface area contributed by atoms with Gasteiger partial charge in [-0.3, -0.25) is 19.9 Å². The summed E-state index contributed by atoms with van der Waals surface area (Å²) in [6.45, 7) is 1.73. The maximum absolute atomic E-state index is 12.4. The summed E-state index contributed by atoms with van der Waals surface area (Å²) in [6.07, 6.45) is 1.69. The van der Waals surface area contributed by atoms with E-state index in [0.717, 1.165) is 10.9 Å². The molecule has 0 aliphatic rings. The molecule has 1 aromatic heterocycles. The second-order valence-electron chi connectivity index (χ2n) is 5.38. The Kier molecular flexibility index (Phi) is 4.20. The van der Waals surface area contributed by atoms with Crippen LogP contribution in [0.25, 0.3) is 10.9 Å². The van der Waals surface area contributed by atoms with Crippen LogP contribution in [0.4, 0.5) is 5.69 Å². The highest BCUT2D eigenvalue weighted by molar-refractivity contribution is 6.10. The van der Waals surface area contributed by atoms with Gasteiger partial charge in [0.25, 0.3) is 5.69 Å². The van der Waals surface area contributed by atoms with Gasteiger partial charge in [-0.15, -0.1) is 0 Å². The van der Waals surface area contributed by atoms with Crippen LogP contribution in [0.1, 0.15) is 22.8 Å². The monoisotopic (exact) mass is 321 g/mol. The predicted octanol–water partition coefficient (Wildman–Crippen LogP) is 3.77. The molecule has 0 unspecified atom stereocenters. The Morgan fingerprint density at radius 2 is 2.00 bits per heavy atom. The number of benzene rings is 2. The average molecular weight is 321 g/mol. The van der Waals surface area contributed by atoms with E-state index in [1.54, 1.807) is 25.3 Å². The van der Waals surface area contributed by atoms with Crippen molar-refractivity contribution in [3.8, 4) is 0 Å². The summed E-state index contributed by atoms with van der Waals surface area (Å²) in [5.41, 5.74) is 2.73. The van der Waals surface area contributed by atoms with Gasteiger partial charge < -0.3 is 4.98 Å².